The number of ether oxygens (including phenoxy) is 2. The van der Waals surface area contributed by atoms with Gasteiger partial charge in [0.15, 0.2) is 6.61 Å². The Bertz CT molecular complexity index is 1130. The molecule has 8 heteroatoms. The number of hydrogen-bond donors (Lipinski definition) is 3. The van der Waals surface area contributed by atoms with Crippen molar-refractivity contribution in [3.05, 3.63) is 77.3 Å². The Hall–Kier alpha value is -4.25. The van der Waals surface area contributed by atoms with Gasteiger partial charge in [0.2, 0.25) is 11.8 Å². The van der Waals surface area contributed by atoms with Crippen molar-refractivity contribution in [2.75, 3.05) is 6.61 Å². The van der Waals surface area contributed by atoms with Crippen LogP contribution in [0.3, 0.4) is 0 Å². The maximum Gasteiger partial charge on any atom is 0.255 e. The molecule has 1 unspecified atom stereocenters. The van der Waals surface area contributed by atoms with E-state index in [0.717, 1.165) is 11.1 Å². The fraction of sp³-hybridized carbons (Fsp3) is 0.0952. The summed E-state index contributed by atoms with van der Waals surface area (Å²) in [4.78, 5) is 18.7. The van der Waals surface area contributed by atoms with Crippen molar-refractivity contribution in [3.63, 3.8) is 0 Å². The molecule has 0 radical (unpaired) electrons. The lowest BCUT2D eigenvalue weighted by Crippen LogP contribution is -2.21. The van der Waals surface area contributed by atoms with Gasteiger partial charge in [-0.15, -0.1) is 0 Å². The Morgan fingerprint density at radius 3 is 2.59 bits per heavy atom. The molecule has 0 aliphatic carbocycles. The number of allylic oxidation sites excluding steroid dienone is 1. The van der Waals surface area contributed by atoms with Crippen molar-refractivity contribution < 1.29 is 14.3 Å². The number of carbonyl (C=O) groups is 1. The van der Waals surface area contributed by atoms with Crippen LogP contribution in [0.5, 0.6) is 11.6 Å². The van der Waals surface area contributed by atoms with Gasteiger partial charge in [0.25, 0.3) is 5.91 Å². The fourth-order valence-electron chi connectivity index (χ4n) is 3.19. The molecule has 2 aromatic carbocycles. The van der Waals surface area contributed by atoms with Gasteiger partial charge in [-0.05, 0) is 17.7 Å². The number of nitrogens with zero attached hydrogens (tertiary/aromatic N) is 2. The van der Waals surface area contributed by atoms with Gasteiger partial charge in [-0.3, -0.25) is 4.79 Å². The van der Waals surface area contributed by atoms with Gasteiger partial charge < -0.3 is 25.9 Å². The topological polar surface area (TPSA) is 140 Å². The number of rotatable bonds is 5. The number of imidazole rings is 1. The van der Waals surface area contributed by atoms with Crippen LogP contribution in [0.15, 0.2) is 66.1 Å². The zero-order valence-electron chi connectivity index (χ0n) is 15.3. The number of aromatic nitrogens is 2. The molecule has 0 spiro atoms. The van der Waals surface area contributed by atoms with Crippen LogP contribution in [0.1, 0.15) is 17.2 Å². The number of H-pyrrole nitrogens is 1. The Kier molecular flexibility index (Phi) is 4.63. The molecule has 8 nitrogen and oxygen atoms in total. The minimum atomic E-state index is -0.559. The zero-order chi connectivity index (χ0) is 20.4. The minimum absolute atomic E-state index is 0.0187. The van der Waals surface area contributed by atoms with Crippen molar-refractivity contribution in [1.82, 2.24) is 9.97 Å². The van der Waals surface area contributed by atoms with Crippen LogP contribution in [0.4, 0.5) is 0 Å². The Labute approximate surface area is 166 Å². The largest absolute Gasteiger partial charge is 0.484 e. The summed E-state index contributed by atoms with van der Waals surface area (Å²) in [7, 11) is 0. The van der Waals surface area contributed by atoms with E-state index in [1.807, 2.05) is 30.3 Å². The first-order valence-corrected chi connectivity index (χ1v) is 8.80. The summed E-state index contributed by atoms with van der Waals surface area (Å²) < 4.78 is 10.9. The number of benzene rings is 2. The van der Waals surface area contributed by atoms with Crippen LogP contribution >= 0.6 is 0 Å². The SMILES string of the molecule is N#CC1=C(N)Oc2nc(-c3ccccc3)[nH]c2C1c1ccc(OCC(N)=O)cc1. The van der Waals surface area contributed by atoms with E-state index < -0.39 is 11.8 Å². The van der Waals surface area contributed by atoms with Crippen molar-refractivity contribution >= 4 is 5.91 Å². The number of amides is 1. The average molecular weight is 387 g/mol. The van der Waals surface area contributed by atoms with Crippen LogP contribution in [-0.2, 0) is 4.79 Å². The van der Waals surface area contributed by atoms with E-state index in [0.29, 0.717) is 23.1 Å². The fourth-order valence-corrected chi connectivity index (χ4v) is 3.19. The molecule has 0 bridgehead atoms. The highest BCUT2D eigenvalue weighted by atomic mass is 16.5. The smallest absolute Gasteiger partial charge is 0.255 e. The lowest BCUT2D eigenvalue weighted by molar-refractivity contribution is -0.119. The van der Waals surface area contributed by atoms with E-state index in [-0.39, 0.29) is 18.1 Å². The molecule has 3 aromatic rings. The molecule has 29 heavy (non-hydrogen) atoms. The first-order valence-electron chi connectivity index (χ1n) is 8.80. The third-order valence-corrected chi connectivity index (χ3v) is 4.51. The third-order valence-electron chi connectivity index (χ3n) is 4.51. The molecule has 5 N–H and O–H groups in total. The summed E-state index contributed by atoms with van der Waals surface area (Å²) >= 11 is 0. The third kappa shape index (κ3) is 3.49. The van der Waals surface area contributed by atoms with Gasteiger partial charge in [0.1, 0.15) is 23.2 Å². The summed E-state index contributed by atoms with van der Waals surface area (Å²) in [5.74, 6) is 0.430. The van der Waals surface area contributed by atoms with E-state index in [2.05, 4.69) is 16.0 Å². The van der Waals surface area contributed by atoms with Crippen molar-refractivity contribution in [2.45, 2.75) is 5.92 Å². The molecular formula is C21H17N5O3. The number of nitrogens with one attached hydrogen (secondary N) is 1. The molecule has 0 saturated carbocycles. The second-order valence-corrected chi connectivity index (χ2v) is 6.42. The molecule has 1 amide bonds. The Morgan fingerprint density at radius 2 is 1.93 bits per heavy atom. The first kappa shape index (κ1) is 18.1. The summed E-state index contributed by atoms with van der Waals surface area (Å²) in [5.41, 5.74) is 13.7. The van der Waals surface area contributed by atoms with Gasteiger partial charge in [-0.1, -0.05) is 42.5 Å². The van der Waals surface area contributed by atoms with Crippen LogP contribution in [-0.4, -0.2) is 22.5 Å². The molecule has 0 fully saturated rings. The number of primary amides is 1. The molecule has 4 rings (SSSR count). The van der Waals surface area contributed by atoms with Crippen molar-refractivity contribution in [1.29, 1.82) is 5.26 Å². The minimum Gasteiger partial charge on any atom is -0.484 e. The highest BCUT2D eigenvalue weighted by Gasteiger charge is 2.33. The highest BCUT2D eigenvalue weighted by Crippen LogP contribution is 2.42. The highest BCUT2D eigenvalue weighted by molar-refractivity contribution is 5.75. The van der Waals surface area contributed by atoms with Gasteiger partial charge in [-0.2, -0.15) is 10.2 Å². The monoisotopic (exact) mass is 387 g/mol. The Balaban J connectivity index is 1.73. The molecule has 0 saturated heterocycles. The summed E-state index contributed by atoms with van der Waals surface area (Å²) in [5, 5.41) is 9.66. The van der Waals surface area contributed by atoms with Gasteiger partial charge in [0, 0.05) is 5.56 Å². The van der Waals surface area contributed by atoms with Gasteiger partial charge in [-0.25, -0.2) is 0 Å². The lowest BCUT2D eigenvalue weighted by Gasteiger charge is -2.22. The molecule has 1 aliphatic rings. The molecule has 144 valence electrons. The second-order valence-electron chi connectivity index (χ2n) is 6.42. The molecule has 1 aliphatic heterocycles. The standard InChI is InChI=1S/C21H17N5O3/c22-10-15-17(12-6-8-14(9-7-12)28-11-16(23)27)18-21(29-19(15)24)26-20(25-18)13-4-2-1-3-5-13/h1-9,17H,11,24H2,(H2,23,27)(H,25,26). The Morgan fingerprint density at radius 1 is 1.21 bits per heavy atom. The predicted octanol–water partition coefficient (Wildman–Crippen LogP) is 2.16. The van der Waals surface area contributed by atoms with E-state index >= 15 is 0 Å². The maximum absolute atomic E-state index is 10.9. The molecule has 1 atom stereocenters. The quantitative estimate of drug-likeness (QED) is 0.613. The van der Waals surface area contributed by atoms with Crippen LogP contribution < -0.4 is 20.9 Å². The number of fused-ring (bicyclic) bond motifs is 1. The van der Waals surface area contributed by atoms with E-state index in [4.69, 9.17) is 20.9 Å². The normalized spacial score (nSPS) is 15.2. The van der Waals surface area contributed by atoms with Crippen LogP contribution in [0.2, 0.25) is 0 Å². The van der Waals surface area contributed by atoms with E-state index in [1.54, 1.807) is 24.3 Å². The van der Waals surface area contributed by atoms with Gasteiger partial charge in [0.05, 0.1) is 11.6 Å². The average Bonchev–Trinajstić information content (AvgIpc) is 3.16. The van der Waals surface area contributed by atoms with Crippen molar-refractivity contribution in [2.24, 2.45) is 11.5 Å². The van der Waals surface area contributed by atoms with E-state index in [1.165, 1.54) is 0 Å². The number of carbonyl (C=O) groups excluding carboxylic acids is 1. The van der Waals surface area contributed by atoms with Gasteiger partial charge >= 0.3 is 0 Å². The molecule has 1 aromatic heterocycles. The number of aromatic amines is 1. The second kappa shape index (κ2) is 7.40. The predicted molar refractivity (Wildman–Crippen MR) is 104 cm³/mol. The number of nitriles is 1. The zero-order valence-corrected chi connectivity index (χ0v) is 15.3. The van der Waals surface area contributed by atoms with Crippen LogP contribution in [0, 0.1) is 11.3 Å². The lowest BCUT2D eigenvalue weighted by atomic mass is 9.88. The van der Waals surface area contributed by atoms with Crippen LogP contribution in [0.25, 0.3) is 11.4 Å². The number of nitrogens with two attached hydrogens (primary N) is 2. The van der Waals surface area contributed by atoms with Crippen molar-refractivity contribution in [3.8, 4) is 29.1 Å². The summed E-state index contributed by atoms with van der Waals surface area (Å²) in [6, 6.07) is 18.7. The first-order chi connectivity index (χ1) is 14.1. The van der Waals surface area contributed by atoms with E-state index in [9.17, 15) is 10.1 Å². The number of hydrogen-bond acceptors (Lipinski definition) is 6. The maximum atomic E-state index is 10.9. The summed E-state index contributed by atoms with van der Waals surface area (Å²) in [6.07, 6.45) is 0. The molecule has 2 heterocycles. The molecular weight excluding hydrogens is 370 g/mol. The summed E-state index contributed by atoms with van der Waals surface area (Å²) in [6.45, 7) is -0.210.